The Kier molecular flexibility index (Phi) is 4.68. The van der Waals surface area contributed by atoms with Crippen molar-refractivity contribution in [2.45, 2.75) is 13.0 Å². The summed E-state index contributed by atoms with van der Waals surface area (Å²) in [7, 11) is 0. The lowest BCUT2D eigenvalue weighted by molar-refractivity contribution is 0.0952. The maximum Gasteiger partial charge on any atom is 0.251 e. The third-order valence-electron chi connectivity index (χ3n) is 2.59. The number of aromatic nitrogens is 2. The molecule has 0 fully saturated rings. The zero-order valence-corrected chi connectivity index (χ0v) is 11.7. The number of carbonyl (C=O) groups is 1. The summed E-state index contributed by atoms with van der Waals surface area (Å²) in [5.41, 5.74) is 0.319. The van der Waals surface area contributed by atoms with Crippen molar-refractivity contribution >= 4 is 21.8 Å². The van der Waals surface area contributed by atoms with Gasteiger partial charge in [0.05, 0.1) is 4.47 Å². The number of hydrogen-bond donors (Lipinski definition) is 1. The van der Waals surface area contributed by atoms with Crippen LogP contribution < -0.4 is 5.32 Å². The first kappa shape index (κ1) is 13.7. The molecule has 0 aliphatic rings. The molecule has 100 valence electrons. The number of hydrogen-bond acceptors (Lipinski definition) is 2. The van der Waals surface area contributed by atoms with Gasteiger partial charge in [-0.05, 0) is 46.6 Å². The highest BCUT2D eigenvalue weighted by Gasteiger charge is 2.07. The van der Waals surface area contributed by atoms with Gasteiger partial charge >= 0.3 is 0 Å². The van der Waals surface area contributed by atoms with Crippen LogP contribution in [0.2, 0.25) is 0 Å². The van der Waals surface area contributed by atoms with E-state index in [1.54, 1.807) is 16.9 Å². The molecule has 1 aromatic heterocycles. The minimum Gasteiger partial charge on any atom is -0.352 e. The van der Waals surface area contributed by atoms with Crippen molar-refractivity contribution in [2.75, 3.05) is 6.54 Å². The number of benzene rings is 1. The molecule has 19 heavy (non-hydrogen) atoms. The molecule has 1 N–H and O–H groups in total. The minimum absolute atomic E-state index is 0.271. The molecule has 6 heteroatoms. The first-order valence-corrected chi connectivity index (χ1v) is 6.67. The molecule has 0 radical (unpaired) electrons. The molecule has 0 saturated heterocycles. The Balaban J connectivity index is 1.79. The zero-order chi connectivity index (χ0) is 13.7. The number of halogens is 2. The summed E-state index contributed by atoms with van der Waals surface area (Å²) in [5, 5.41) is 6.81. The van der Waals surface area contributed by atoms with Crippen molar-refractivity contribution in [3.63, 3.8) is 0 Å². The SMILES string of the molecule is O=C(NCCCn1cccn1)c1ccc(Br)c(F)c1. The van der Waals surface area contributed by atoms with E-state index in [-0.39, 0.29) is 5.91 Å². The summed E-state index contributed by atoms with van der Waals surface area (Å²) in [5.74, 6) is -0.712. The van der Waals surface area contributed by atoms with Gasteiger partial charge in [-0.2, -0.15) is 5.10 Å². The van der Waals surface area contributed by atoms with Crippen LogP contribution in [0.15, 0.2) is 41.1 Å². The van der Waals surface area contributed by atoms with Crippen LogP contribution >= 0.6 is 15.9 Å². The van der Waals surface area contributed by atoms with Gasteiger partial charge in [0.15, 0.2) is 0 Å². The molecule has 0 spiro atoms. The molecular formula is C13H13BrFN3O. The molecule has 0 aliphatic carbocycles. The second-order valence-corrected chi connectivity index (χ2v) is 4.86. The van der Waals surface area contributed by atoms with Crippen molar-refractivity contribution in [3.8, 4) is 0 Å². The van der Waals surface area contributed by atoms with E-state index < -0.39 is 5.82 Å². The second kappa shape index (κ2) is 6.47. The number of amides is 1. The predicted octanol–water partition coefficient (Wildman–Crippen LogP) is 2.60. The van der Waals surface area contributed by atoms with Crippen molar-refractivity contribution in [1.29, 1.82) is 0 Å². The van der Waals surface area contributed by atoms with E-state index >= 15 is 0 Å². The first-order valence-electron chi connectivity index (χ1n) is 5.87. The molecule has 0 bridgehead atoms. The van der Waals surface area contributed by atoms with Crippen LogP contribution in [0.1, 0.15) is 16.8 Å². The van der Waals surface area contributed by atoms with Crippen molar-refractivity contribution < 1.29 is 9.18 Å². The summed E-state index contributed by atoms with van der Waals surface area (Å²) in [6.07, 6.45) is 4.35. The van der Waals surface area contributed by atoms with Gasteiger partial charge < -0.3 is 5.32 Å². The molecule has 0 atom stereocenters. The Morgan fingerprint density at radius 3 is 3.00 bits per heavy atom. The normalized spacial score (nSPS) is 10.4. The average molecular weight is 326 g/mol. The Morgan fingerprint density at radius 1 is 1.47 bits per heavy atom. The lowest BCUT2D eigenvalue weighted by atomic mass is 10.2. The molecular weight excluding hydrogens is 313 g/mol. The molecule has 0 saturated carbocycles. The van der Waals surface area contributed by atoms with Crippen LogP contribution in [-0.4, -0.2) is 22.2 Å². The highest BCUT2D eigenvalue weighted by Crippen LogP contribution is 2.16. The van der Waals surface area contributed by atoms with E-state index in [0.717, 1.165) is 13.0 Å². The van der Waals surface area contributed by atoms with E-state index in [4.69, 9.17) is 0 Å². The Bertz CT molecular complexity index is 557. The second-order valence-electron chi connectivity index (χ2n) is 4.01. The van der Waals surface area contributed by atoms with Crippen LogP contribution in [0.25, 0.3) is 0 Å². The van der Waals surface area contributed by atoms with Gasteiger partial charge in [0.2, 0.25) is 0 Å². The molecule has 1 aromatic carbocycles. The lowest BCUT2D eigenvalue weighted by Crippen LogP contribution is -2.25. The fraction of sp³-hybridized carbons (Fsp3) is 0.231. The smallest absolute Gasteiger partial charge is 0.251 e. The number of nitrogens with one attached hydrogen (secondary N) is 1. The number of aryl methyl sites for hydroxylation is 1. The molecule has 0 aliphatic heterocycles. The Labute approximate surface area is 118 Å². The highest BCUT2D eigenvalue weighted by atomic mass is 79.9. The molecule has 0 unspecified atom stereocenters. The quantitative estimate of drug-likeness (QED) is 0.859. The maximum absolute atomic E-state index is 13.3. The standard InChI is InChI=1S/C13H13BrFN3O/c14-11-4-3-10(9-12(11)15)13(19)16-5-1-7-18-8-2-6-17-18/h2-4,6,8-9H,1,5,7H2,(H,16,19). The van der Waals surface area contributed by atoms with Gasteiger partial charge in [0.1, 0.15) is 5.82 Å². The summed E-state index contributed by atoms with van der Waals surface area (Å²) in [6, 6.07) is 6.17. The third kappa shape index (κ3) is 3.89. The average Bonchev–Trinajstić information content (AvgIpc) is 2.91. The van der Waals surface area contributed by atoms with Gasteiger partial charge in [-0.1, -0.05) is 0 Å². The van der Waals surface area contributed by atoms with E-state index in [1.807, 2.05) is 12.3 Å². The molecule has 4 nitrogen and oxygen atoms in total. The van der Waals surface area contributed by atoms with Gasteiger partial charge in [-0.25, -0.2) is 4.39 Å². The third-order valence-corrected chi connectivity index (χ3v) is 3.23. The Hall–Kier alpha value is -1.69. The molecule has 1 amide bonds. The van der Waals surface area contributed by atoms with E-state index in [0.29, 0.717) is 16.6 Å². The summed E-state index contributed by atoms with van der Waals surface area (Å²) >= 11 is 3.05. The fourth-order valence-corrected chi connectivity index (χ4v) is 1.86. The number of nitrogens with zero attached hydrogens (tertiary/aromatic N) is 2. The van der Waals surface area contributed by atoms with Crippen molar-refractivity contribution in [3.05, 3.63) is 52.5 Å². The van der Waals surface area contributed by atoms with E-state index in [9.17, 15) is 9.18 Å². The summed E-state index contributed by atoms with van der Waals surface area (Å²) < 4.78 is 15.4. The van der Waals surface area contributed by atoms with Gasteiger partial charge in [-0.15, -0.1) is 0 Å². The molecule has 2 aromatic rings. The monoisotopic (exact) mass is 325 g/mol. The minimum atomic E-state index is -0.441. The van der Waals surface area contributed by atoms with E-state index in [1.165, 1.54) is 12.1 Å². The van der Waals surface area contributed by atoms with Crippen molar-refractivity contribution in [1.82, 2.24) is 15.1 Å². The van der Waals surface area contributed by atoms with Crippen LogP contribution in [-0.2, 0) is 6.54 Å². The van der Waals surface area contributed by atoms with Gasteiger partial charge in [0.25, 0.3) is 5.91 Å². The summed E-state index contributed by atoms with van der Waals surface area (Å²) in [4.78, 5) is 11.8. The predicted molar refractivity (Wildman–Crippen MR) is 73.3 cm³/mol. The van der Waals surface area contributed by atoms with Gasteiger partial charge in [0, 0.05) is 31.0 Å². The van der Waals surface area contributed by atoms with Crippen LogP contribution in [0.3, 0.4) is 0 Å². The fourth-order valence-electron chi connectivity index (χ4n) is 1.62. The number of rotatable bonds is 5. The van der Waals surface area contributed by atoms with E-state index in [2.05, 4.69) is 26.3 Å². The maximum atomic E-state index is 13.3. The lowest BCUT2D eigenvalue weighted by Gasteiger charge is -2.06. The molecule has 1 heterocycles. The Morgan fingerprint density at radius 2 is 2.32 bits per heavy atom. The van der Waals surface area contributed by atoms with Crippen LogP contribution in [0.4, 0.5) is 4.39 Å². The van der Waals surface area contributed by atoms with Crippen molar-refractivity contribution in [2.24, 2.45) is 0 Å². The topological polar surface area (TPSA) is 46.9 Å². The highest BCUT2D eigenvalue weighted by molar-refractivity contribution is 9.10. The van der Waals surface area contributed by atoms with Crippen LogP contribution in [0, 0.1) is 5.82 Å². The first-order chi connectivity index (χ1) is 9.16. The zero-order valence-electron chi connectivity index (χ0n) is 10.1. The van der Waals surface area contributed by atoms with Gasteiger partial charge in [-0.3, -0.25) is 9.48 Å². The number of carbonyl (C=O) groups excluding carboxylic acids is 1. The molecule has 2 rings (SSSR count). The van der Waals surface area contributed by atoms with Crippen LogP contribution in [0.5, 0.6) is 0 Å². The largest absolute Gasteiger partial charge is 0.352 e. The summed E-state index contributed by atoms with van der Waals surface area (Å²) in [6.45, 7) is 1.26.